The smallest absolute Gasteiger partial charge is 0.327 e. The number of rotatable bonds is 3. The lowest BCUT2D eigenvalue weighted by molar-refractivity contribution is 0.833. The molecule has 3 rings (SSSR count). The number of aromatic nitrogens is 6. The molecule has 0 aliphatic heterocycles. The van der Waals surface area contributed by atoms with Crippen LogP contribution in [0, 0.1) is 20.8 Å². The van der Waals surface area contributed by atoms with Crippen LogP contribution in [0.5, 0.6) is 0 Å². The molecule has 0 radical (unpaired) electrons. The highest BCUT2D eigenvalue weighted by atomic mass is 28.4. The van der Waals surface area contributed by atoms with Crippen LogP contribution >= 0.6 is 0 Å². The van der Waals surface area contributed by atoms with Gasteiger partial charge in [-0.1, -0.05) is 0 Å². The van der Waals surface area contributed by atoms with Crippen molar-refractivity contribution < 1.29 is 0 Å². The summed E-state index contributed by atoms with van der Waals surface area (Å²) in [5.74, 6) is 3.00. The van der Waals surface area contributed by atoms with Gasteiger partial charge in [-0.15, -0.1) is 0 Å². The molecule has 0 atom stereocenters. The molecular formula is C13H18N6Si. The summed E-state index contributed by atoms with van der Waals surface area (Å²) in [5, 5.41) is 0. The highest BCUT2D eigenvalue weighted by molar-refractivity contribution is 6.74. The molecule has 0 N–H and O–H groups in total. The zero-order valence-electron chi connectivity index (χ0n) is 12.1. The van der Waals surface area contributed by atoms with Crippen molar-refractivity contribution >= 4 is 8.56 Å². The summed E-state index contributed by atoms with van der Waals surface area (Å²) in [6.07, 6.45) is 11.7. The van der Waals surface area contributed by atoms with E-state index in [4.69, 9.17) is 0 Å². The molecule has 0 fully saturated rings. The molecular weight excluding hydrogens is 268 g/mol. The third-order valence-electron chi connectivity index (χ3n) is 3.85. The minimum absolute atomic E-state index is 1.00. The molecule has 0 bridgehead atoms. The minimum Gasteiger partial charge on any atom is -0.327 e. The van der Waals surface area contributed by atoms with Crippen molar-refractivity contribution in [3.63, 3.8) is 0 Å². The Morgan fingerprint density at radius 3 is 1.20 bits per heavy atom. The van der Waals surface area contributed by atoms with Crippen LogP contribution in [0.2, 0.25) is 6.55 Å². The van der Waals surface area contributed by atoms with Crippen LogP contribution < -0.4 is 0 Å². The van der Waals surface area contributed by atoms with E-state index >= 15 is 0 Å². The maximum absolute atomic E-state index is 4.39. The SMILES string of the molecule is Cc1nccn1[Si](C)(n1ccnc1C)n1ccnc1C. The normalized spacial score (nSPS) is 12.0. The minimum atomic E-state index is -2.29. The fourth-order valence-electron chi connectivity index (χ4n) is 2.83. The van der Waals surface area contributed by atoms with Crippen LogP contribution in [0.1, 0.15) is 17.5 Å². The number of hydrogen-bond acceptors (Lipinski definition) is 3. The van der Waals surface area contributed by atoms with E-state index in [2.05, 4.69) is 34.2 Å². The molecule has 3 heterocycles. The van der Waals surface area contributed by atoms with Crippen molar-refractivity contribution in [2.75, 3.05) is 0 Å². The number of nitrogens with zero attached hydrogens (tertiary/aromatic N) is 6. The van der Waals surface area contributed by atoms with Gasteiger partial charge in [0.25, 0.3) is 0 Å². The second-order valence-electron chi connectivity index (χ2n) is 5.00. The molecule has 0 aromatic carbocycles. The van der Waals surface area contributed by atoms with E-state index < -0.39 is 8.56 Å². The summed E-state index contributed by atoms with van der Waals surface area (Å²) in [7, 11) is -2.29. The van der Waals surface area contributed by atoms with Crippen molar-refractivity contribution in [2.24, 2.45) is 0 Å². The highest BCUT2D eigenvalue weighted by Crippen LogP contribution is 2.19. The molecule has 0 saturated carbocycles. The monoisotopic (exact) mass is 286 g/mol. The molecule has 104 valence electrons. The first-order valence-electron chi connectivity index (χ1n) is 6.56. The fraction of sp³-hybridized carbons (Fsp3) is 0.308. The van der Waals surface area contributed by atoms with Crippen molar-refractivity contribution in [1.82, 2.24) is 27.6 Å². The van der Waals surface area contributed by atoms with Crippen molar-refractivity contribution in [2.45, 2.75) is 27.3 Å². The Balaban J connectivity index is 2.32. The van der Waals surface area contributed by atoms with Gasteiger partial charge in [0.15, 0.2) is 0 Å². The van der Waals surface area contributed by atoms with E-state index in [1.54, 1.807) is 0 Å². The quantitative estimate of drug-likeness (QED) is 0.689. The molecule has 0 aliphatic rings. The molecule has 0 spiro atoms. The van der Waals surface area contributed by atoms with Gasteiger partial charge in [0.1, 0.15) is 0 Å². The number of imidazole rings is 3. The summed E-state index contributed by atoms with van der Waals surface area (Å²) in [4.78, 5) is 13.2. The predicted molar refractivity (Wildman–Crippen MR) is 78.7 cm³/mol. The van der Waals surface area contributed by atoms with Gasteiger partial charge in [-0.25, -0.2) is 15.0 Å². The van der Waals surface area contributed by atoms with E-state index in [9.17, 15) is 0 Å². The van der Waals surface area contributed by atoms with Gasteiger partial charge in [-0.05, 0) is 27.3 Å². The Morgan fingerprint density at radius 2 is 1.00 bits per heavy atom. The predicted octanol–water partition coefficient (Wildman–Crippen LogP) is 1.71. The second-order valence-corrected chi connectivity index (χ2v) is 8.39. The lowest BCUT2D eigenvalue weighted by atomic mass is 10.7. The van der Waals surface area contributed by atoms with E-state index in [0.29, 0.717) is 0 Å². The average molecular weight is 286 g/mol. The lowest BCUT2D eigenvalue weighted by Gasteiger charge is -2.33. The molecule has 7 heteroatoms. The topological polar surface area (TPSA) is 53.5 Å². The highest BCUT2D eigenvalue weighted by Gasteiger charge is 2.39. The summed E-state index contributed by atoms with van der Waals surface area (Å²) in [6.45, 7) is 8.36. The van der Waals surface area contributed by atoms with Crippen molar-refractivity contribution in [3.05, 3.63) is 54.7 Å². The van der Waals surface area contributed by atoms with E-state index in [1.807, 2.05) is 58.0 Å². The second kappa shape index (κ2) is 4.45. The van der Waals surface area contributed by atoms with Gasteiger partial charge in [-0.3, -0.25) is 0 Å². The molecule has 20 heavy (non-hydrogen) atoms. The van der Waals surface area contributed by atoms with Crippen LogP contribution in [-0.2, 0) is 0 Å². The maximum Gasteiger partial charge on any atom is 0.391 e. The van der Waals surface area contributed by atoms with E-state index in [1.165, 1.54) is 0 Å². The Labute approximate surface area is 119 Å². The molecule has 0 unspecified atom stereocenters. The molecule has 0 aliphatic carbocycles. The summed E-state index contributed by atoms with van der Waals surface area (Å²) >= 11 is 0. The van der Waals surface area contributed by atoms with Crippen LogP contribution in [0.3, 0.4) is 0 Å². The van der Waals surface area contributed by atoms with Gasteiger partial charge < -0.3 is 12.7 Å². The van der Waals surface area contributed by atoms with Crippen molar-refractivity contribution in [3.8, 4) is 0 Å². The van der Waals surface area contributed by atoms with Crippen LogP contribution in [0.25, 0.3) is 0 Å². The van der Waals surface area contributed by atoms with Crippen molar-refractivity contribution in [1.29, 1.82) is 0 Å². The Morgan fingerprint density at radius 1 is 0.700 bits per heavy atom. The van der Waals surface area contributed by atoms with Gasteiger partial charge in [0.2, 0.25) is 0 Å². The molecule has 3 aromatic heterocycles. The standard InChI is InChI=1S/C13H18N6Si/c1-11-14-5-8-17(11)20(4,18-9-6-15-12(18)2)19-10-7-16-13(19)3/h5-10H,1-4H3. The molecule has 0 saturated heterocycles. The first kappa shape index (κ1) is 12.9. The van der Waals surface area contributed by atoms with E-state index in [0.717, 1.165) is 17.5 Å². The van der Waals surface area contributed by atoms with Gasteiger partial charge in [0, 0.05) is 37.2 Å². The van der Waals surface area contributed by atoms with Gasteiger partial charge in [-0.2, -0.15) is 0 Å². The van der Waals surface area contributed by atoms with Crippen LogP contribution in [0.4, 0.5) is 0 Å². The third-order valence-corrected chi connectivity index (χ3v) is 8.00. The summed E-state index contributed by atoms with van der Waals surface area (Å²) in [6, 6.07) is 0. The Bertz CT molecular complexity index is 639. The molecule has 3 aromatic rings. The molecule has 0 amide bonds. The number of hydrogen-bond donors (Lipinski definition) is 0. The largest absolute Gasteiger partial charge is 0.391 e. The summed E-state index contributed by atoms with van der Waals surface area (Å²) < 4.78 is 6.78. The zero-order chi connectivity index (χ0) is 14.3. The van der Waals surface area contributed by atoms with Crippen LogP contribution in [-0.4, -0.2) is 36.2 Å². The van der Waals surface area contributed by atoms with E-state index in [-0.39, 0.29) is 0 Å². The first-order valence-corrected chi connectivity index (χ1v) is 8.90. The number of aryl methyl sites for hydroxylation is 3. The lowest BCUT2D eigenvalue weighted by Crippen LogP contribution is -2.56. The van der Waals surface area contributed by atoms with Crippen LogP contribution in [0.15, 0.2) is 37.2 Å². The third kappa shape index (κ3) is 1.66. The van der Waals surface area contributed by atoms with Gasteiger partial charge >= 0.3 is 8.56 Å². The average Bonchev–Trinajstić information content (AvgIpc) is 3.10. The van der Waals surface area contributed by atoms with Gasteiger partial charge in [0.05, 0.1) is 17.5 Å². The Hall–Kier alpha value is -2.15. The summed E-state index contributed by atoms with van der Waals surface area (Å²) in [5.41, 5.74) is 0. The Kier molecular flexibility index (Phi) is 2.86. The maximum atomic E-state index is 4.39. The zero-order valence-corrected chi connectivity index (χ0v) is 13.1. The fourth-order valence-corrected chi connectivity index (χ4v) is 6.58. The first-order chi connectivity index (χ1) is 9.55. The molecule has 6 nitrogen and oxygen atoms in total.